The number of aromatic nitrogens is 3. The van der Waals surface area contributed by atoms with E-state index in [1.54, 1.807) is 16.8 Å². The predicted octanol–water partition coefficient (Wildman–Crippen LogP) is 4.08. The Kier molecular flexibility index (Phi) is 3.66. The van der Waals surface area contributed by atoms with Crippen molar-refractivity contribution >= 4 is 11.6 Å². The molecule has 3 rings (SSSR count). The van der Waals surface area contributed by atoms with Crippen molar-refractivity contribution in [2.75, 3.05) is 0 Å². The van der Waals surface area contributed by atoms with Crippen molar-refractivity contribution in [3.05, 3.63) is 64.3 Å². The number of rotatable bonds is 2. The van der Waals surface area contributed by atoms with Crippen LogP contribution in [0.15, 0.2) is 42.5 Å². The van der Waals surface area contributed by atoms with Crippen LogP contribution >= 0.6 is 11.6 Å². The van der Waals surface area contributed by atoms with Gasteiger partial charge in [-0.1, -0.05) is 41.1 Å². The minimum atomic E-state index is 0.295. The predicted molar refractivity (Wildman–Crippen MR) is 86.0 cm³/mol. The van der Waals surface area contributed by atoms with E-state index in [1.807, 2.05) is 44.2 Å². The Morgan fingerprint density at radius 2 is 1.82 bits per heavy atom. The van der Waals surface area contributed by atoms with Crippen molar-refractivity contribution < 1.29 is 0 Å². The molecule has 108 valence electrons. The summed E-state index contributed by atoms with van der Waals surface area (Å²) in [5.74, 6) is 0. The molecule has 0 radical (unpaired) electrons. The number of benzene rings is 2. The molecule has 0 aliphatic heterocycles. The van der Waals surface area contributed by atoms with Crippen LogP contribution in [-0.4, -0.2) is 15.0 Å². The summed E-state index contributed by atoms with van der Waals surface area (Å²) in [4.78, 5) is 0. The van der Waals surface area contributed by atoms with Crippen molar-refractivity contribution in [1.29, 1.82) is 5.26 Å². The fourth-order valence-electron chi connectivity index (χ4n) is 2.34. The van der Waals surface area contributed by atoms with Gasteiger partial charge in [0.05, 0.1) is 5.69 Å². The van der Waals surface area contributed by atoms with Gasteiger partial charge in [-0.2, -0.15) is 5.26 Å². The molecule has 22 heavy (non-hydrogen) atoms. The number of nitrogens with zero attached hydrogens (tertiary/aromatic N) is 4. The van der Waals surface area contributed by atoms with Crippen LogP contribution in [0, 0.1) is 25.2 Å². The summed E-state index contributed by atoms with van der Waals surface area (Å²) in [6.45, 7) is 4.03. The lowest BCUT2D eigenvalue weighted by molar-refractivity contribution is 0.801. The molecule has 0 atom stereocenters. The number of hydrogen-bond acceptors (Lipinski definition) is 3. The summed E-state index contributed by atoms with van der Waals surface area (Å²) >= 11 is 5.95. The fourth-order valence-corrected chi connectivity index (χ4v) is 2.47. The van der Waals surface area contributed by atoms with Gasteiger partial charge in [-0.15, -0.1) is 5.10 Å². The fraction of sp³-hybridized carbons (Fsp3) is 0.118. The van der Waals surface area contributed by atoms with Gasteiger partial charge >= 0.3 is 0 Å². The first kappa shape index (κ1) is 14.3. The average Bonchev–Trinajstić information content (AvgIpc) is 2.94. The summed E-state index contributed by atoms with van der Waals surface area (Å²) in [6.07, 6.45) is 0. The molecule has 0 unspecified atom stereocenters. The molecule has 0 bridgehead atoms. The third-order valence-electron chi connectivity index (χ3n) is 3.49. The summed E-state index contributed by atoms with van der Waals surface area (Å²) < 4.78 is 1.71. The first-order chi connectivity index (χ1) is 10.6. The standard InChI is InChI=1S/C17H13ClN4/c1-11-3-4-12(2)16(9-11)22-17(15(10-19)20-21-22)13-5-7-14(18)8-6-13/h3-9H,1-2H3. The van der Waals surface area contributed by atoms with E-state index in [4.69, 9.17) is 11.6 Å². The van der Waals surface area contributed by atoms with Gasteiger partial charge in [0.2, 0.25) is 0 Å². The zero-order chi connectivity index (χ0) is 15.7. The lowest BCUT2D eigenvalue weighted by Crippen LogP contribution is -2.02. The molecule has 0 spiro atoms. The maximum absolute atomic E-state index is 9.33. The largest absolute Gasteiger partial charge is 0.211 e. The summed E-state index contributed by atoms with van der Waals surface area (Å²) in [5, 5.41) is 18.1. The van der Waals surface area contributed by atoms with Crippen molar-refractivity contribution in [2.45, 2.75) is 13.8 Å². The van der Waals surface area contributed by atoms with E-state index in [0.29, 0.717) is 16.4 Å². The second-order valence-corrected chi connectivity index (χ2v) is 5.54. The monoisotopic (exact) mass is 308 g/mol. The lowest BCUT2D eigenvalue weighted by Gasteiger charge is -2.10. The second kappa shape index (κ2) is 5.63. The van der Waals surface area contributed by atoms with Crippen LogP contribution in [0.25, 0.3) is 16.9 Å². The highest BCUT2D eigenvalue weighted by atomic mass is 35.5. The lowest BCUT2D eigenvalue weighted by atomic mass is 10.1. The van der Waals surface area contributed by atoms with Gasteiger partial charge in [0, 0.05) is 10.6 Å². The Balaban J connectivity index is 2.26. The number of nitriles is 1. The van der Waals surface area contributed by atoms with Gasteiger partial charge in [0.15, 0.2) is 5.69 Å². The van der Waals surface area contributed by atoms with E-state index in [1.165, 1.54) is 0 Å². The van der Waals surface area contributed by atoms with Crippen molar-refractivity contribution in [3.8, 4) is 23.0 Å². The molecule has 1 aromatic heterocycles. The van der Waals surface area contributed by atoms with Crippen molar-refractivity contribution in [1.82, 2.24) is 15.0 Å². The minimum absolute atomic E-state index is 0.295. The highest BCUT2D eigenvalue weighted by molar-refractivity contribution is 6.30. The first-order valence-electron chi connectivity index (χ1n) is 6.79. The highest BCUT2D eigenvalue weighted by Gasteiger charge is 2.17. The topological polar surface area (TPSA) is 54.5 Å². The van der Waals surface area contributed by atoms with Crippen LogP contribution in [0.4, 0.5) is 0 Å². The van der Waals surface area contributed by atoms with E-state index >= 15 is 0 Å². The molecule has 0 saturated carbocycles. The first-order valence-corrected chi connectivity index (χ1v) is 7.17. The van der Waals surface area contributed by atoms with E-state index in [-0.39, 0.29) is 0 Å². The number of hydrogen-bond donors (Lipinski definition) is 0. The van der Waals surface area contributed by atoms with Crippen LogP contribution in [-0.2, 0) is 0 Å². The molecule has 0 N–H and O–H groups in total. The van der Waals surface area contributed by atoms with Crippen molar-refractivity contribution in [2.24, 2.45) is 0 Å². The molecule has 0 aliphatic carbocycles. The van der Waals surface area contributed by atoms with E-state index in [0.717, 1.165) is 22.4 Å². The molecule has 0 fully saturated rings. The van der Waals surface area contributed by atoms with E-state index in [9.17, 15) is 5.26 Å². The van der Waals surface area contributed by atoms with E-state index < -0.39 is 0 Å². The second-order valence-electron chi connectivity index (χ2n) is 5.11. The molecular weight excluding hydrogens is 296 g/mol. The van der Waals surface area contributed by atoms with Gasteiger partial charge in [-0.05, 0) is 43.2 Å². The van der Waals surface area contributed by atoms with Gasteiger partial charge in [-0.3, -0.25) is 0 Å². The van der Waals surface area contributed by atoms with Crippen LogP contribution in [0.3, 0.4) is 0 Å². The highest BCUT2D eigenvalue weighted by Crippen LogP contribution is 2.27. The van der Waals surface area contributed by atoms with Gasteiger partial charge < -0.3 is 0 Å². The van der Waals surface area contributed by atoms with Crippen LogP contribution in [0.5, 0.6) is 0 Å². The Labute approximate surface area is 133 Å². The van der Waals surface area contributed by atoms with Gasteiger partial charge in [0.1, 0.15) is 11.8 Å². The summed E-state index contributed by atoms with van der Waals surface area (Å²) in [7, 11) is 0. The molecule has 2 aromatic carbocycles. The Morgan fingerprint density at radius 1 is 1.09 bits per heavy atom. The smallest absolute Gasteiger partial charge is 0.191 e. The van der Waals surface area contributed by atoms with Crippen LogP contribution in [0.2, 0.25) is 5.02 Å². The summed E-state index contributed by atoms with van der Waals surface area (Å²) in [6, 6.07) is 15.5. The molecule has 0 aliphatic rings. The molecule has 1 heterocycles. The summed E-state index contributed by atoms with van der Waals surface area (Å²) in [5.41, 5.74) is 4.92. The van der Waals surface area contributed by atoms with Gasteiger partial charge in [0.25, 0.3) is 0 Å². The molecular formula is C17H13ClN4. The Hall–Kier alpha value is -2.64. The molecule has 0 amide bonds. The zero-order valence-electron chi connectivity index (χ0n) is 12.2. The number of halogens is 1. The van der Waals surface area contributed by atoms with Crippen LogP contribution in [0.1, 0.15) is 16.8 Å². The third-order valence-corrected chi connectivity index (χ3v) is 3.74. The van der Waals surface area contributed by atoms with E-state index in [2.05, 4.69) is 16.4 Å². The Morgan fingerprint density at radius 3 is 2.50 bits per heavy atom. The van der Waals surface area contributed by atoms with Crippen molar-refractivity contribution in [3.63, 3.8) is 0 Å². The Bertz CT molecular complexity index is 873. The maximum atomic E-state index is 9.33. The maximum Gasteiger partial charge on any atom is 0.191 e. The third kappa shape index (κ3) is 2.47. The molecule has 5 heteroatoms. The molecule has 4 nitrogen and oxygen atoms in total. The average molecular weight is 309 g/mol. The van der Waals surface area contributed by atoms with Crippen LogP contribution < -0.4 is 0 Å². The quantitative estimate of drug-likeness (QED) is 0.717. The SMILES string of the molecule is Cc1ccc(C)c(-n2nnc(C#N)c2-c2ccc(Cl)cc2)c1. The molecule has 0 saturated heterocycles. The minimum Gasteiger partial charge on any atom is -0.211 e. The molecule has 3 aromatic rings. The normalized spacial score (nSPS) is 10.5. The zero-order valence-corrected chi connectivity index (χ0v) is 13.0. The number of aryl methyl sites for hydroxylation is 2. The van der Waals surface area contributed by atoms with Gasteiger partial charge in [-0.25, -0.2) is 4.68 Å².